The van der Waals surface area contributed by atoms with Crippen LogP contribution in [0.3, 0.4) is 0 Å². The number of piperidine rings is 1. The van der Waals surface area contributed by atoms with Gasteiger partial charge in [0.05, 0.1) is 28.4 Å². The first kappa shape index (κ1) is 22.6. The highest BCUT2D eigenvalue weighted by Gasteiger charge is 2.33. The van der Waals surface area contributed by atoms with Crippen LogP contribution in [0.4, 0.5) is 0 Å². The van der Waals surface area contributed by atoms with Gasteiger partial charge in [0.15, 0.2) is 6.10 Å². The van der Waals surface area contributed by atoms with Crippen LogP contribution >= 0.6 is 11.3 Å². The number of rotatable bonds is 7. The van der Waals surface area contributed by atoms with Crippen LogP contribution in [-0.2, 0) is 30.9 Å². The molecule has 2 heterocycles. The monoisotopic (exact) mass is 453 g/mol. The maximum absolute atomic E-state index is 12.6. The van der Waals surface area contributed by atoms with E-state index < -0.39 is 28.0 Å². The predicted octanol–water partition coefficient (Wildman–Crippen LogP) is 2.25. The highest BCUT2D eigenvalue weighted by Crippen LogP contribution is 2.24. The van der Waals surface area contributed by atoms with E-state index in [1.54, 1.807) is 20.9 Å². The summed E-state index contributed by atoms with van der Waals surface area (Å²) >= 11 is 1.53. The van der Waals surface area contributed by atoms with Crippen molar-refractivity contribution in [1.82, 2.24) is 14.2 Å². The zero-order valence-corrected chi connectivity index (χ0v) is 19.0. The number of fused-ring (bicyclic) bond motifs is 1. The normalized spacial score (nSPS) is 17.0. The predicted molar refractivity (Wildman–Crippen MR) is 115 cm³/mol. The zero-order valence-electron chi connectivity index (χ0n) is 17.4. The molecule has 0 radical (unpaired) electrons. The van der Waals surface area contributed by atoms with Gasteiger partial charge in [-0.1, -0.05) is 12.1 Å². The van der Waals surface area contributed by atoms with Crippen LogP contribution in [0, 0.1) is 5.92 Å². The Morgan fingerprint density at radius 2 is 1.97 bits per heavy atom. The van der Waals surface area contributed by atoms with Gasteiger partial charge >= 0.3 is 5.97 Å². The summed E-state index contributed by atoms with van der Waals surface area (Å²) in [6.07, 6.45) is -0.101. The maximum Gasteiger partial charge on any atom is 0.309 e. The number of esters is 1. The summed E-state index contributed by atoms with van der Waals surface area (Å²) in [5.74, 6) is -1.08. The summed E-state index contributed by atoms with van der Waals surface area (Å²) in [4.78, 5) is 31.1. The number of amides is 1. The number of hydrogen-bond donors (Lipinski definition) is 0. The van der Waals surface area contributed by atoms with Crippen LogP contribution in [0.2, 0.25) is 0 Å². The molecule has 164 valence electrons. The quantitative estimate of drug-likeness (QED) is 0.597. The van der Waals surface area contributed by atoms with Crippen LogP contribution < -0.4 is 0 Å². The molecule has 0 saturated carbocycles. The van der Waals surface area contributed by atoms with E-state index in [-0.39, 0.29) is 11.7 Å². The van der Waals surface area contributed by atoms with Crippen LogP contribution in [0.25, 0.3) is 10.2 Å². The van der Waals surface area contributed by atoms with Gasteiger partial charge in [-0.25, -0.2) is 17.7 Å². The second-order valence-electron chi connectivity index (χ2n) is 7.42. The van der Waals surface area contributed by atoms with Crippen molar-refractivity contribution in [1.29, 1.82) is 0 Å². The average molecular weight is 454 g/mol. The lowest BCUT2D eigenvalue weighted by Crippen LogP contribution is -2.43. The van der Waals surface area contributed by atoms with Gasteiger partial charge in [0.1, 0.15) is 5.01 Å². The molecule has 1 aromatic heterocycles. The molecule has 0 bridgehead atoms. The summed E-state index contributed by atoms with van der Waals surface area (Å²) in [5, 5.41) is 0.815. The largest absolute Gasteiger partial charge is 0.452 e. The van der Waals surface area contributed by atoms with E-state index in [0.717, 1.165) is 15.2 Å². The molecule has 1 aliphatic heterocycles. The van der Waals surface area contributed by atoms with Gasteiger partial charge < -0.3 is 9.64 Å². The highest BCUT2D eigenvalue weighted by molar-refractivity contribution is 7.89. The second-order valence-corrected chi connectivity index (χ2v) is 10.8. The summed E-state index contributed by atoms with van der Waals surface area (Å²) in [7, 11) is -1.58. The minimum absolute atomic E-state index is 0.0502. The SMILES string of the molecule is CCS(=O)(=O)N1CCC(C(=O)OC(C)C(=O)N(C)Cc2nc3ccccc3s2)CC1. The molecule has 1 fully saturated rings. The topological polar surface area (TPSA) is 96.9 Å². The number of carbonyl (C=O) groups is 2. The Hall–Kier alpha value is -2.04. The van der Waals surface area contributed by atoms with Crippen molar-refractivity contribution in [2.24, 2.45) is 5.92 Å². The number of thiazole rings is 1. The number of hydrogen-bond acceptors (Lipinski definition) is 7. The van der Waals surface area contributed by atoms with E-state index >= 15 is 0 Å². The molecular weight excluding hydrogens is 426 g/mol. The molecule has 1 unspecified atom stereocenters. The molecule has 1 aliphatic rings. The third-order valence-corrected chi connectivity index (χ3v) is 8.18. The molecule has 0 aliphatic carbocycles. The molecule has 8 nitrogen and oxygen atoms in total. The third kappa shape index (κ3) is 5.16. The fourth-order valence-electron chi connectivity index (χ4n) is 3.45. The van der Waals surface area contributed by atoms with Crippen molar-refractivity contribution in [2.45, 2.75) is 39.3 Å². The van der Waals surface area contributed by atoms with E-state index in [1.165, 1.54) is 20.5 Å². The van der Waals surface area contributed by atoms with E-state index in [4.69, 9.17) is 4.74 Å². The Balaban J connectivity index is 1.51. The van der Waals surface area contributed by atoms with Crippen molar-refractivity contribution >= 4 is 43.5 Å². The fraction of sp³-hybridized carbons (Fsp3) is 0.550. The molecule has 2 aromatic rings. The third-order valence-electron chi connectivity index (χ3n) is 5.27. The van der Waals surface area contributed by atoms with E-state index in [0.29, 0.717) is 32.5 Å². The molecule has 30 heavy (non-hydrogen) atoms. The molecule has 1 saturated heterocycles. The first-order chi connectivity index (χ1) is 14.2. The number of sulfonamides is 1. The van der Waals surface area contributed by atoms with Gasteiger partial charge in [-0.15, -0.1) is 11.3 Å². The van der Waals surface area contributed by atoms with Crippen molar-refractivity contribution in [2.75, 3.05) is 25.9 Å². The molecular formula is C20H27N3O5S2. The Labute approximate surface area is 180 Å². The molecule has 3 rings (SSSR count). The summed E-state index contributed by atoms with van der Waals surface area (Å²) in [6.45, 7) is 4.11. The molecule has 1 aromatic carbocycles. The smallest absolute Gasteiger partial charge is 0.309 e. The lowest BCUT2D eigenvalue weighted by molar-refractivity contribution is -0.163. The van der Waals surface area contributed by atoms with Crippen molar-refractivity contribution in [3.8, 4) is 0 Å². The number of nitrogens with zero attached hydrogens (tertiary/aromatic N) is 3. The first-order valence-corrected chi connectivity index (χ1v) is 12.4. The van der Waals surface area contributed by atoms with Crippen LogP contribution in [0.15, 0.2) is 24.3 Å². The molecule has 1 amide bonds. The number of benzene rings is 1. The van der Waals surface area contributed by atoms with Crippen LogP contribution in [-0.4, -0.2) is 66.5 Å². The molecule has 1 atom stereocenters. The lowest BCUT2D eigenvalue weighted by Gasteiger charge is -2.30. The minimum atomic E-state index is -3.24. The zero-order chi connectivity index (χ0) is 21.9. The number of aromatic nitrogens is 1. The Morgan fingerprint density at radius 3 is 2.60 bits per heavy atom. The van der Waals surface area contributed by atoms with Crippen molar-refractivity contribution in [3.05, 3.63) is 29.3 Å². The number of para-hydroxylation sites is 1. The van der Waals surface area contributed by atoms with Gasteiger partial charge in [0.2, 0.25) is 10.0 Å². The highest BCUT2D eigenvalue weighted by atomic mass is 32.2. The van der Waals surface area contributed by atoms with Crippen LogP contribution in [0.1, 0.15) is 31.7 Å². The van der Waals surface area contributed by atoms with Gasteiger partial charge in [-0.05, 0) is 38.8 Å². The van der Waals surface area contributed by atoms with E-state index in [1.807, 2.05) is 24.3 Å². The lowest BCUT2D eigenvalue weighted by atomic mass is 9.98. The first-order valence-electron chi connectivity index (χ1n) is 9.99. The number of ether oxygens (including phenoxy) is 1. The molecule has 0 N–H and O–H groups in total. The van der Waals surface area contributed by atoms with Crippen LogP contribution in [0.5, 0.6) is 0 Å². The van der Waals surface area contributed by atoms with E-state index in [9.17, 15) is 18.0 Å². The van der Waals surface area contributed by atoms with Crippen molar-refractivity contribution in [3.63, 3.8) is 0 Å². The summed E-state index contributed by atoms with van der Waals surface area (Å²) < 4.78 is 31.7. The number of carbonyl (C=O) groups excluding carboxylic acids is 2. The van der Waals surface area contributed by atoms with Gasteiger partial charge in [0.25, 0.3) is 5.91 Å². The second kappa shape index (κ2) is 9.40. The maximum atomic E-state index is 12.6. The summed E-state index contributed by atoms with van der Waals surface area (Å²) in [6, 6.07) is 7.78. The average Bonchev–Trinajstić information content (AvgIpc) is 3.15. The standard InChI is InChI=1S/C20H27N3O5S2/c1-4-30(26,27)23-11-9-15(10-12-23)20(25)28-14(2)19(24)22(3)13-18-21-16-7-5-6-8-17(16)29-18/h5-8,14-15H,4,9-13H2,1-3H3. The van der Waals surface area contributed by atoms with Gasteiger partial charge in [-0.3, -0.25) is 9.59 Å². The Kier molecular flexibility index (Phi) is 7.10. The van der Waals surface area contributed by atoms with E-state index in [2.05, 4.69) is 4.98 Å². The van der Waals surface area contributed by atoms with Gasteiger partial charge in [-0.2, -0.15) is 0 Å². The fourth-order valence-corrected chi connectivity index (χ4v) is 5.61. The van der Waals surface area contributed by atoms with Gasteiger partial charge in [0, 0.05) is 20.1 Å². The summed E-state index contributed by atoms with van der Waals surface area (Å²) in [5.41, 5.74) is 0.897. The molecule has 0 spiro atoms. The Bertz CT molecular complexity index is 979. The molecule has 10 heteroatoms. The Morgan fingerprint density at radius 1 is 1.30 bits per heavy atom. The minimum Gasteiger partial charge on any atom is -0.452 e. The van der Waals surface area contributed by atoms with Crippen molar-refractivity contribution < 1.29 is 22.7 Å². The number of likely N-dealkylation sites (N-methyl/N-ethyl adjacent to an activating group) is 1.